The van der Waals surface area contributed by atoms with Crippen molar-refractivity contribution in [2.75, 3.05) is 0 Å². The lowest BCUT2D eigenvalue weighted by Crippen LogP contribution is -2.14. The van der Waals surface area contributed by atoms with Gasteiger partial charge in [-0.1, -0.05) is 0 Å². The summed E-state index contributed by atoms with van der Waals surface area (Å²) in [5.74, 6) is 0.647. The van der Waals surface area contributed by atoms with Crippen LogP contribution in [-0.4, -0.2) is 9.97 Å². The molecule has 0 radical (unpaired) electrons. The van der Waals surface area contributed by atoms with Crippen LogP contribution in [0.15, 0.2) is 21.6 Å². The fraction of sp³-hybridized carbons (Fsp3) is 0.111. The van der Waals surface area contributed by atoms with Gasteiger partial charge in [0.1, 0.15) is 5.82 Å². The molecule has 0 saturated heterocycles. The first-order valence-electron chi connectivity index (χ1n) is 3.97. The van der Waals surface area contributed by atoms with Gasteiger partial charge in [-0.05, 0) is 41.0 Å². The maximum absolute atomic E-state index is 11.5. The molecule has 14 heavy (non-hydrogen) atoms. The zero-order valence-electron chi connectivity index (χ0n) is 7.37. The Hall–Kier alpha value is -0.690. The van der Waals surface area contributed by atoms with Crippen LogP contribution in [0.25, 0.3) is 11.4 Å². The van der Waals surface area contributed by atoms with Crippen LogP contribution in [0.4, 0.5) is 0 Å². The molecule has 0 aliphatic carbocycles. The van der Waals surface area contributed by atoms with E-state index < -0.39 is 0 Å². The van der Waals surface area contributed by atoms with E-state index in [2.05, 4.69) is 9.97 Å². The standard InChI is InChI=1S/C9H7IN2OS/c1-5-7(10)9(13)12-8(11-5)6-2-3-14-4-6/h2-4H,1H3,(H,11,12,13). The highest BCUT2D eigenvalue weighted by atomic mass is 127. The summed E-state index contributed by atoms with van der Waals surface area (Å²) in [6.45, 7) is 1.84. The quantitative estimate of drug-likeness (QED) is 0.821. The molecule has 0 aliphatic rings. The summed E-state index contributed by atoms with van der Waals surface area (Å²) in [6.07, 6.45) is 0. The number of aryl methyl sites for hydroxylation is 1. The molecular formula is C9H7IN2OS. The molecule has 0 spiro atoms. The van der Waals surface area contributed by atoms with Gasteiger partial charge >= 0.3 is 0 Å². The summed E-state index contributed by atoms with van der Waals surface area (Å²) in [5, 5.41) is 3.92. The van der Waals surface area contributed by atoms with Crippen molar-refractivity contribution in [3.8, 4) is 11.4 Å². The highest BCUT2D eigenvalue weighted by molar-refractivity contribution is 14.1. The average molecular weight is 318 g/mol. The lowest BCUT2D eigenvalue weighted by molar-refractivity contribution is 1.05. The average Bonchev–Trinajstić information content (AvgIpc) is 2.66. The molecule has 2 heterocycles. The van der Waals surface area contributed by atoms with Crippen LogP contribution in [0.2, 0.25) is 0 Å². The molecule has 3 nitrogen and oxygen atoms in total. The van der Waals surface area contributed by atoms with Gasteiger partial charge in [0.2, 0.25) is 0 Å². The maximum atomic E-state index is 11.5. The molecule has 0 aromatic carbocycles. The zero-order chi connectivity index (χ0) is 10.1. The molecule has 0 bridgehead atoms. The largest absolute Gasteiger partial charge is 0.306 e. The Balaban J connectivity index is 2.63. The van der Waals surface area contributed by atoms with Gasteiger partial charge < -0.3 is 4.98 Å². The summed E-state index contributed by atoms with van der Waals surface area (Å²) >= 11 is 3.59. The first-order valence-corrected chi connectivity index (χ1v) is 5.99. The number of H-pyrrole nitrogens is 1. The number of hydrogen-bond donors (Lipinski definition) is 1. The van der Waals surface area contributed by atoms with Crippen molar-refractivity contribution in [2.45, 2.75) is 6.92 Å². The van der Waals surface area contributed by atoms with E-state index in [0.29, 0.717) is 9.39 Å². The van der Waals surface area contributed by atoms with Crippen LogP contribution in [0.1, 0.15) is 5.69 Å². The topological polar surface area (TPSA) is 45.8 Å². The molecular weight excluding hydrogens is 311 g/mol. The lowest BCUT2D eigenvalue weighted by atomic mass is 10.3. The monoisotopic (exact) mass is 318 g/mol. The van der Waals surface area contributed by atoms with Crippen molar-refractivity contribution in [3.05, 3.63) is 36.4 Å². The Morgan fingerprint density at radius 3 is 2.93 bits per heavy atom. The van der Waals surface area contributed by atoms with Crippen molar-refractivity contribution in [1.29, 1.82) is 0 Å². The second kappa shape index (κ2) is 3.82. The van der Waals surface area contributed by atoms with E-state index in [4.69, 9.17) is 0 Å². The van der Waals surface area contributed by atoms with Crippen LogP contribution in [0.5, 0.6) is 0 Å². The molecule has 1 N–H and O–H groups in total. The van der Waals surface area contributed by atoms with Crippen molar-refractivity contribution < 1.29 is 0 Å². The Bertz CT molecular complexity index is 504. The van der Waals surface area contributed by atoms with Crippen molar-refractivity contribution >= 4 is 33.9 Å². The minimum atomic E-state index is -0.0701. The number of nitrogens with one attached hydrogen (secondary N) is 1. The van der Waals surface area contributed by atoms with E-state index in [1.807, 2.05) is 46.3 Å². The summed E-state index contributed by atoms with van der Waals surface area (Å²) in [7, 11) is 0. The summed E-state index contributed by atoms with van der Waals surface area (Å²) in [4.78, 5) is 18.5. The number of hydrogen-bond acceptors (Lipinski definition) is 3. The summed E-state index contributed by atoms with van der Waals surface area (Å²) in [5.41, 5.74) is 1.67. The van der Waals surface area contributed by atoms with Gasteiger partial charge in [-0.15, -0.1) is 0 Å². The molecule has 0 atom stereocenters. The highest BCUT2D eigenvalue weighted by Gasteiger charge is 2.06. The molecule has 2 rings (SSSR count). The highest BCUT2D eigenvalue weighted by Crippen LogP contribution is 2.17. The zero-order valence-corrected chi connectivity index (χ0v) is 10.3. The van der Waals surface area contributed by atoms with Crippen molar-refractivity contribution in [1.82, 2.24) is 9.97 Å². The molecule has 0 unspecified atom stereocenters. The number of aromatic nitrogens is 2. The van der Waals surface area contributed by atoms with Gasteiger partial charge in [0.25, 0.3) is 5.56 Å². The molecule has 0 saturated carbocycles. The van der Waals surface area contributed by atoms with Gasteiger partial charge in [0.05, 0.1) is 9.26 Å². The molecule has 5 heteroatoms. The molecule has 2 aromatic rings. The van der Waals surface area contributed by atoms with Crippen molar-refractivity contribution in [3.63, 3.8) is 0 Å². The molecule has 0 amide bonds. The third kappa shape index (κ3) is 1.74. The van der Waals surface area contributed by atoms with Gasteiger partial charge in [0, 0.05) is 10.9 Å². The number of rotatable bonds is 1. The van der Waals surface area contributed by atoms with Crippen LogP contribution in [0, 0.1) is 10.5 Å². The lowest BCUT2D eigenvalue weighted by Gasteiger charge is -2.00. The van der Waals surface area contributed by atoms with E-state index in [9.17, 15) is 4.79 Å². The van der Waals surface area contributed by atoms with Crippen LogP contribution < -0.4 is 5.56 Å². The predicted octanol–water partition coefficient (Wildman–Crippen LogP) is 2.41. The molecule has 0 aliphatic heterocycles. The van der Waals surface area contributed by atoms with Crippen LogP contribution in [0.3, 0.4) is 0 Å². The van der Waals surface area contributed by atoms with Crippen LogP contribution >= 0.6 is 33.9 Å². The second-order valence-electron chi connectivity index (χ2n) is 2.83. The smallest absolute Gasteiger partial charge is 0.264 e. The molecule has 0 fully saturated rings. The number of halogens is 1. The Kier molecular flexibility index (Phi) is 2.69. The van der Waals surface area contributed by atoms with E-state index in [1.54, 1.807) is 11.3 Å². The molecule has 2 aromatic heterocycles. The second-order valence-corrected chi connectivity index (χ2v) is 4.68. The van der Waals surface area contributed by atoms with Gasteiger partial charge in [-0.3, -0.25) is 4.79 Å². The Labute approximate surface area is 98.4 Å². The van der Waals surface area contributed by atoms with Gasteiger partial charge in [-0.2, -0.15) is 11.3 Å². The molecule has 72 valence electrons. The third-order valence-electron chi connectivity index (χ3n) is 1.82. The Morgan fingerprint density at radius 2 is 2.36 bits per heavy atom. The van der Waals surface area contributed by atoms with E-state index in [0.717, 1.165) is 11.3 Å². The SMILES string of the molecule is Cc1nc(-c2ccsc2)[nH]c(=O)c1I. The summed E-state index contributed by atoms with van der Waals surface area (Å²) in [6, 6.07) is 1.94. The minimum absolute atomic E-state index is 0.0701. The fourth-order valence-corrected chi connectivity index (χ4v) is 2.00. The number of thiophene rings is 1. The fourth-order valence-electron chi connectivity index (χ4n) is 1.11. The normalized spacial score (nSPS) is 10.4. The number of aromatic amines is 1. The Morgan fingerprint density at radius 1 is 1.57 bits per heavy atom. The van der Waals surface area contributed by atoms with Crippen LogP contribution in [-0.2, 0) is 0 Å². The number of nitrogens with zero attached hydrogens (tertiary/aromatic N) is 1. The third-order valence-corrected chi connectivity index (χ3v) is 3.78. The first kappa shape index (κ1) is 9.85. The maximum Gasteiger partial charge on any atom is 0.264 e. The van der Waals surface area contributed by atoms with Gasteiger partial charge in [0.15, 0.2) is 0 Å². The van der Waals surface area contributed by atoms with Gasteiger partial charge in [-0.25, -0.2) is 4.98 Å². The first-order chi connectivity index (χ1) is 6.68. The van der Waals surface area contributed by atoms with E-state index in [1.165, 1.54) is 0 Å². The predicted molar refractivity (Wildman–Crippen MR) is 65.6 cm³/mol. The van der Waals surface area contributed by atoms with E-state index >= 15 is 0 Å². The van der Waals surface area contributed by atoms with E-state index in [-0.39, 0.29) is 5.56 Å². The minimum Gasteiger partial charge on any atom is -0.306 e. The summed E-state index contributed by atoms with van der Waals surface area (Å²) < 4.78 is 0.654. The van der Waals surface area contributed by atoms with Crippen molar-refractivity contribution in [2.24, 2.45) is 0 Å².